The molecule has 0 heterocycles. The lowest BCUT2D eigenvalue weighted by Crippen LogP contribution is -2.02. The van der Waals surface area contributed by atoms with E-state index in [1.165, 1.54) is 7.11 Å². The van der Waals surface area contributed by atoms with Crippen molar-refractivity contribution in [2.75, 3.05) is 7.11 Å². The second kappa shape index (κ2) is 3.91. The number of hydrogen-bond donors (Lipinski definition) is 2. The van der Waals surface area contributed by atoms with Gasteiger partial charge in [0.2, 0.25) is 0 Å². The third kappa shape index (κ3) is 2.09. The number of methoxy groups -OCH3 is 1. The Bertz CT molecular complexity index is 317. The van der Waals surface area contributed by atoms with Gasteiger partial charge in [-0.3, -0.25) is 0 Å². The van der Waals surface area contributed by atoms with Crippen LogP contribution >= 0.6 is 11.6 Å². The van der Waals surface area contributed by atoms with Crippen molar-refractivity contribution < 1.29 is 19.3 Å². The van der Waals surface area contributed by atoms with Crippen LogP contribution in [0.5, 0.6) is 5.75 Å². The van der Waals surface area contributed by atoms with E-state index < -0.39 is 12.1 Å². The van der Waals surface area contributed by atoms with Crippen molar-refractivity contribution in [2.24, 2.45) is 0 Å². The van der Waals surface area contributed by atoms with E-state index in [4.69, 9.17) is 21.8 Å². The van der Waals surface area contributed by atoms with Gasteiger partial charge in [0, 0.05) is 18.7 Å². The molecule has 5 heteroatoms. The first-order valence-corrected chi connectivity index (χ1v) is 3.83. The van der Waals surface area contributed by atoms with Gasteiger partial charge in [-0.25, -0.2) is 4.39 Å². The highest BCUT2D eigenvalue weighted by Crippen LogP contribution is 2.29. The third-order valence-electron chi connectivity index (χ3n) is 1.56. The van der Waals surface area contributed by atoms with Crippen molar-refractivity contribution in [3.05, 3.63) is 28.5 Å². The fourth-order valence-electron chi connectivity index (χ4n) is 0.868. The van der Waals surface area contributed by atoms with Gasteiger partial charge in [0.15, 0.2) is 6.29 Å². The second-order valence-corrected chi connectivity index (χ2v) is 2.82. The van der Waals surface area contributed by atoms with Crippen LogP contribution in [0.2, 0.25) is 5.02 Å². The van der Waals surface area contributed by atoms with Crippen LogP contribution in [0.15, 0.2) is 12.1 Å². The van der Waals surface area contributed by atoms with Crippen LogP contribution in [0.4, 0.5) is 4.39 Å². The number of aromatic hydroxyl groups is 1. The van der Waals surface area contributed by atoms with Crippen molar-refractivity contribution in [1.82, 2.24) is 0 Å². The molecule has 3 nitrogen and oxygen atoms in total. The van der Waals surface area contributed by atoms with Gasteiger partial charge in [-0.2, -0.15) is 0 Å². The van der Waals surface area contributed by atoms with Crippen LogP contribution in [-0.4, -0.2) is 17.3 Å². The first kappa shape index (κ1) is 10.2. The molecule has 0 radical (unpaired) electrons. The predicted molar refractivity (Wildman–Crippen MR) is 45.0 cm³/mol. The summed E-state index contributed by atoms with van der Waals surface area (Å²) in [6.07, 6.45) is -1.38. The Labute approximate surface area is 79.3 Å². The SMILES string of the molecule is COC(O)c1cc(Cl)c(O)cc1F. The van der Waals surface area contributed by atoms with Crippen LogP contribution in [0.3, 0.4) is 0 Å². The van der Waals surface area contributed by atoms with Gasteiger partial charge in [0.1, 0.15) is 11.6 Å². The first-order chi connectivity index (χ1) is 6.06. The van der Waals surface area contributed by atoms with Crippen molar-refractivity contribution in [3.8, 4) is 5.75 Å². The maximum atomic E-state index is 13.0. The van der Waals surface area contributed by atoms with Gasteiger partial charge < -0.3 is 14.9 Å². The van der Waals surface area contributed by atoms with Crippen molar-refractivity contribution in [3.63, 3.8) is 0 Å². The topological polar surface area (TPSA) is 49.7 Å². The Balaban J connectivity index is 3.15. The molecule has 0 aliphatic heterocycles. The lowest BCUT2D eigenvalue weighted by atomic mass is 10.2. The number of ether oxygens (including phenoxy) is 1. The fourth-order valence-corrected chi connectivity index (χ4v) is 1.04. The Morgan fingerprint density at radius 2 is 2.15 bits per heavy atom. The average Bonchev–Trinajstić information content (AvgIpc) is 2.10. The summed E-state index contributed by atoms with van der Waals surface area (Å²) in [4.78, 5) is 0. The molecule has 1 atom stereocenters. The molecule has 0 bridgehead atoms. The van der Waals surface area contributed by atoms with Gasteiger partial charge in [-0.05, 0) is 6.07 Å². The predicted octanol–water partition coefficient (Wildman–Crippen LogP) is 1.82. The Kier molecular flexibility index (Phi) is 3.08. The number of hydrogen-bond acceptors (Lipinski definition) is 3. The molecule has 0 aliphatic rings. The minimum absolute atomic E-state index is 0.0347. The fraction of sp³-hybridized carbons (Fsp3) is 0.250. The van der Waals surface area contributed by atoms with E-state index in [2.05, 4.69) is 4.74 Å². The van der Waals surface area contributed by atoms with Crippen LogP contribution in [0.25, 0.3) is 0 Å². The average molecular weight is 207 g/mol. The Morgan fingerprint density at radius 3 is 2.69 bits per heavy atom. The zero-order chi connectivity index (χ0) is 10.0. The lowest BCUT2D eigenvalue weighted by Gasteiger charge is -2.10. The molecular formula is C8H8ClFO3. The maximum Gasteiger partial charge on any atom is 0.183 e. The quantitative estimate of drug-likeness (QED) is 0.726. The summed E-state index contributed by atoms with van der Waals surface area (Å²) in [5.74, 6) is -1.14. The summed E-state index contributed by atoms with van der Waals surface area (Å²) in [7, 11) is 1.23. The smallest absolute Gasteiger partial charge is 0.183 e. The van der Waals surface area contributed by atoms with Crippen molar-refractivity contribution in [2.45, 2.75) is 6.29 Å². The summed E-state index contributed by atoms with van der Waals surface area (Å²) >= 11 is 5.50. The van der Waals surface area contributed by atoms with E-state index in [9.17, 15) is 4.39 Å². The summed E-state index contributed by atoms with van der Waals surface area (Å²) < 4.78 is 17.5. The van der Waals surface area contributed by atoms with Crippen LogP contribution in [0, 0.1) is 5.82 Å². The van der Waals surface area contributed by atoms with Gasteiger partial charge >= 0.3 is 0 Å². The lowest BCUT2D eigenvalue weighted by molar-refractivity contribution is -0.0790. The van der Waals surface area contributed by atoms with Crippen LogP contribution < -0.4 is 0 Å². The molecule has 0 spiro atoms. The van der Waals surface area contributed by atoms with E-state index >= 15 is 0 Å². The van der Waals surface area contributed by atoms with Gasteiger partial charge in [0.05, 0.1) is 5.02 Å². The van der Waals surface area contributed by atoms with Crippen molar-refractivity contribution >= 4 is 11.6 Å². The van der Waals surface area contributed by atoms with E-state index in [1.807, 2.05) is 0 Å². The summed E-state index contributed by atoms with van der Waals surface area (Å²) in [6.45, 7) is 0. The first-order valence-electron chi connectivity index (χ1n) is 3.45. The van der Waals surface area contributed by atoms with Gasteiger partial charge in [-0.15, -0.1) is 0 Å². The maximum absolute atomic E-state index is 13.0. The van der Waals surface area contributed by atoms with E-state index in [1.54, 1.807) is 0 Å². The van der Waals surface area contributed by atoms with E-state index in [-0.39, 0.29) is 16.3 Å². The standard InChI is InChI=1S/C8H8ClFO3/c1-13-8(12)4-2-5(9)7(11)3-6(4)10/h2-3,8,11-12H,1H3. The monoisotopic (exact) mass is 206 g/mol. The summed E-state index contributed by atoms with van der Waals surface area (Å²) in [6, 6.07) is 1.93. The molecule has 72 valence electrons. The van der Waals surface area contributed by atoms with Gasteiger partial charge in [0.25, 0.3) is 0 Å². The van der Waals surface area contributed by atoms with Gasteiger partial charge in [-0.1, -0.05) is 11.6 Å². The molecule has 0 aliphatic carbocycles. The molecule has 0 amide bonds. The number of aliphatic hydroxyl groups excluding tert-OH is 1. The summed E-state index contributed by atoms with van der Waals surface area (Å²) in [5, 5.41) is 18.1. The number of benzene rings is 1. The van der Waals surface area contributed by atoms with Crippen molar-refractivity contribution in [1.29, 1.82) is 0 Å². The molecule has 1 unspecified atom stereocenters. The van der Waals surface area contributed by atoms with E-state index in [0.717, 1.165) is 12.1 Å². The number of aliphatic hydroxyl groups is 1. The van der Waals surface area contributed by atoms with Crippen LogP contribution in [0.1, 0.15) is 11.9 Å². The molecule has 0 aromatic heterocycles. The highest BCUT2D eigenvalue weighted by molar-refractivity contribution is 6.32. The second-order valence-electron chi connectivity index (χ2n) is 2.41. The molecule has 0 saturated carbocycles. The Hall–Kier alpha value is -0.840. The van der Waals surface area contributed by atoms with E-state index in [0.29, 0.717) is 0 Å². The summed E-state index contributed by atoms with van der Waals surface area (Å²) in [5.41, 5.74) is -0.106. The molecule has 1 rings (SSSR count). The molecule has 1 aromatic rings. The normalized spacial score (nSPS) is 12.9. The molecule has 0 saturated heterocycles. The molecule has 1 aromatic carbocycles. The van der Waals surface area contributed by atoms with Crippen LogP contribution in [-0.2, 0) is 4.74 Å². The Morgan fingerprint density at radius 1 is 1.54 bits per heavy atom. The number of rotatable bonds is 2. The third-order valence-corrected chi connectivity index (χ3v) is 1.86. The molecule has 0 fully saturated rings. The minimum Gasteiger partial charge on any atom is -0.506 e. The number of phenols is 1. The molecular weight excluding hydrogens is 199 g/mol. The zero-order valence-electron chi connectivity index (χ0n) is 6.79. The highest BCUT2D eigenvalue weighted by atomic mass is 35.5. The number of halogens is 2. The minimum atomic E-state index is -1.38. The molecule has 2 N–H and O–H groups in total. The zero-order valence-corrected chi connectivity index (χ0v) is 7.55. The largest absolute Gasteiger partial charge is 0.506 e. The number of phenolic OH excluding ortho intramolecular Hbond substituents is 1. The highest BCUT2D eigenvalue weighted by Gasteiger charge is 2.14. The molecule has 13 heavy (non-hydrogen) atoms.